The zero-order valence-electron chi connectivity index (χ0n) is 15.2. The normalized spacial score (nSPS) is 16.7. The van der Waals surface area contributed by atoms with Gasteiger partial charge >= 0.3 is 0 Å². The van der Waals surface area contributed by atoms with Crippen LogP contribution in [0.5, 0.6) is 0 Å². The minimum absolute atomic E-state index is 0.0528. The van der Waals surface area contributed by atoms with Crippen molar-refractivity contribution in [3.05, 3.63) is 52.2 Å². The number of rotatable bonds is 5. The summed E-state index contributed by atoms with van der Waals surface area (Å²) < 4.78 is 0. The lowest BCUT2D eigenvalue weighted by Gasteiger charge is -2.35. The standard InChI is InChI=1S/C20H27N3OS/c1-15(19-5-4-14-25-19)21-17-10-12-23(13-11-17)18-8-6-16(7-9-18)20(24)22(2)3/h4-9,14-15,17,21H,10-13H2,1-3H3. The summed E-state index contributed by atoms with van der Waals surface area (Å²) in [6.45, 7) is 4.35. The number of piperidine rings is 1. The fraction of sp³-hybridized carbons (Fsp3) is 0.450. The van der Waals surface area contributed by atoms with Gasteiger partial charge in [-0.3, -0.25) is 4.79 Å². The van der Waals surface area contributed by atoms with E-state index < -0.39 is 0 Å². The van der Waals surface area contributed by atoms with Crippen molar-refractivity contribution in [2.75, 3.05) is 32.1 Å². The molecule has 2 heterocycles. The summed E-state index contributed by atoms with van der Waals surface area (Å²) in [4.78, 5) is 17.4. The molecule has 0 radical (unpaired) electrons. The third kappa shape index (κ3) is 4.41. The number of hydrogen-bond donors (Lipinski definition) is 1. The Morgan fingerprint density at radius 1 is 1.20 bits per heavy atom. The first-order valence-corrected chi connectivity index (χ1v) is 9.78. The number of nitrogens with zero attached hydrogens (tertiary/aromatic N) is 2. The molecule has 1 unspecified atom stereocenters. The maximum absolute atomic E-state index is 12.0. The Labute approximate surface area is 154 Å². The Morgan fingerprint density at radius 3 is 2.44 bits per heavy atom. The van der Waals surface area contributed by atoms with Crippen LogP contribution in [0.1, 0.15) is 41.0 Å². The zero-order valence-corrected chi connectivity index (χ0v) is 16.1. The molecule has 134 valence electrons. The Morgan fingerprint density at radius 2 is 1.88 bits per heavy atom. The monoisotopic (exact) mass is 357 g/mol. The van der Waals surface area contributed by atoms with Gasteiger partial charge < -0.3 is 15.1 Å². The van der Waals surface area contributed by atoms with E-state index in [9.17, 15) is 4.79 Å². The van der Waals surface area contributed by atoms with Gasteiger partial charge in [-0.2, -0.15) is 0 Å². The molecule has 1 atom stereocenters. The van der Waals surface area contributed by atoms with Gasteiger partial charge in [0.2, 0.25) is 0 Å². The molecule has 4 nitrogen and oxygen atoms in total. The first-order chi connectivity index (χ1) is 12.0. The van der Waals surface area contributed by atoms with Crippen LogP contribution in [0.25, 0.3) is 0 Å². The molecule has 0 spiro atoms. The summed E-state index contributed by atoms with van der Waals surface area (Å²) in [5, 5.41) is 5.90. The van der Waals surface area contributed by atoms with Gasteiger partial charge in [0.1, 0.15) is 0 Å². The smallest absolute Gasteiger partial charge is 0.253 e. The van der Waals surface area contributed by atoms with Crippen molar-refractivity contribution < 1.29 is 4.79 Å². The Hall–Kier alpha value is -1.85. The molecule has 1 fully saturated rings. The minimum atomic E-state index is 0.0528. The van der Waals surface area contributed by atoms with Crippen LogP contribution in [-0.2, 0) is 0 Å². The number of thiophene rings is 1. The lowest BCUT2D eigenvalue weighted by molar-refractivity contribution is 0.0827. The molecule has 1 saturated heterocycles. The van der Waals surface area contributed by atoms with Crippen molar-refractivity contribution >= 4 is 22.9 Å². The van der Waals surface area contributed by atoms with Crippen LogP contribution in [0, 0.1) is 0 Å². The molecule has 1 amide bonds. The highest BCUT2D eigenvalue weighted by Gasteiger charge is 2.21. The molecule has 1 aliphatic rings. The summed E-state index contributed by atoms with van der Waals surface area (Å²) in [5.74, 6) is 0.0528. The molecular weight excluding hydrogens is 330 g/mol. The predicted molar refractivity (Wildman–Crippen MR) is 106 cm³/mol. The largest absolute Gasteiger partial charge is 0.371 e. The number of carbonyl (C=O) groups excluding carboxylic acids is 1. The van der Waals surface area contributed by atoms with Crippen molar-refractivity contribution in [3.8, 4) is 0 Å². The average Bonchev–Trinajstić information content (AvgIpc) is 3.17. The number of amides is 1. The van der Waals surface area contributed by atoms with Crippen LogP contribution in [0.3, 0.4) is 0 Å². The lowest BCUT2D eigenvalue weighted by atomic mass is 10.0. The minimum Gasteiger partial charge on any atom is -0.371 e. The molecule has 3 rings (SSSR count). The van der Waals surface area contributed by atoms with E-state index in [1.165, 1.54) is 10.6 Å². The molecule has 0 aliphatic carbocycles. The van der Waals surface area contributed by atoms with Gasteiger partial charge in [-0.25, -0.2) is 0 Å². The Kier molecular flexibility index (Phi) is 5.76. The Bertz CT molecular complexity index is 673. The average molecular weight is 358 g/mol. The van der Waals surface area contributed by atoms with E-state index >= 15 is 0 Å². The highest BCUT2D eigenvalue weighted by molar-refractivity contribution is 7.10. The maximum atomic E-state index is 12.0. The topological polar surface area (TPSA) is 35.6 Å². The molecule has 1 N–H and O–H groups in total. The van der Waals surface area contributed by atoms with E-state index in [0.717, 1.165) is 31.5 Å². The highest BCUT2D eigenvalue weighted by Crippen LogP contribution is 2.24. The summed E-state index contributed by atoms with van der Waals surface area (Å²) in [6.07, 6.45) is 2.29. The van der Waals surface area contributed by atoms with Crippen molar-refractivity contribution in [1.82, 2.24) is 10.2 Å². The van der Waals surface area contributed by atoms with E-state index in [4.69, 9.17) is 0 Å². The van der Waals surface area contributed by atoms with Crippen LogP contribution >= 0.6 is 11.3 Å². The number of benzene rings is 1. The number of carbonyl (C=O) groups is 1. The SMILES string of the molecule is CC(NC1CCN(c2ccc(C(=O)N(C)C)cc2)CC1)c1cccs1. The third-order valence-corrected chi connectivity index (χ3v) is 5.89. The van der Waals surface area contributed by atoms with Gasteiger partial charge in [0.15, 0.2) is 0 Å². The first kappa shape index (κ1) is 18.0. The second kappa shape index (κ2) is 8.02. The van der Waals surface area contributed by atoms with E-state index in [1.807, 2.05) is 23.5 Å². The van der Waals surface area contributed by atoms with Gasteiger partial charge in [0.05, 0.1) is 0 Å². The second-order valence-corrected chi connectivity index (χ2v) is 7.89. The molecule has 25 heavy (non-hydrogen) atoms. The number of hydrogen-bond acceptors (Lipinski definition) is 4. The summed E-state index contributed by atoms with van der Waals surface area (Å²) in [7, 11) is 3.57. The third-order valence-electron chi connectivity index (χ3n) is 4.84. The van der Waals surface area contributed by atoms with Crippen molar-refractivity contribution in [3.63, 3.8) is 0 Å². The highest BCUT2D eigenvalue weighted by atomic mass is 32.1. The number of nitrogens with one attached hydrogen (secondary N) is 1. The van der Waals surface area contributed by atoms with Crippen molar-refractivity contribution in [1.29, 1.82) is 0 Å². The van der Waals surface area contributed by atoms with E-state index in [0.29, 0.717) is 12.1 Å². The van der Waals surface area contributed by atoms with Gasteiger partial charge in [-0.15, -0.1) is 11.3 Å². The molecule has 5 heteroatoms. The summed E-state index contributed by atoms with van der Waals surface area (Å²) in [6, 6.07) is 13.3. The van der Waals surface area contributed by atoms with Crippen LogP contribution in [0.4, 0.5) is 5.69 Å². The van der Waals surface area contributed by atoms with Crippen LogP contribution in [0.2, 0.25) is 0 Å². The lowest BCUT2D eigenvalue weighted by Crippen LogP contribution is -2.43. The quantitative estimate of drug-likeness (QED) is 0.885. The molecule has 1 aromatic carbocycles. The fourth-order valence-electron chi connectivity index (χ4n) is 3.35. The van der Waals surface area contributed by atoms with Crippen LogP contribution in [-0.4, -0.2) is 44.0 Å². The molecule has 0 saturated carbocycles. The summed E-state index contributed by atoms with van der Waals surface area (Å²) >= 11 is 1.82. The molecule has 0 bridgehead atoms. The summed E-state index contributed by atoms with van der Waals surface area (Å²) in [5.41, 5.74) is 1.95. The predicted octanol–water partition coefficient (Wildman–Crippen LogP) is 3.77. The van der Waals surface area contributed by atoms with Crippen LogP contribution in [0.15, 0.2) is 41.8 Å². The van der Waals surface area contributed by atoms with E-state index in [2.05, 4.69) is 46.8 Å². The van der Waals surface area contributed by atoms with Crippen molar-refractivity contribution in [2.24, 2.45) is 0 Å². The van der Waals surface area contributed by atoms with Gasteiger partial charge in [0.25, 0.3) is 5.91 Å². The maximum Gasteiger partial charge on any atom is 0.253 e. The number of anilines is 1. The van der Waals surface area contributed by atoms with Gasteiger partial charge in [-0.1, -0.05) is 6.07 Å². The second-order valence-electron chi connectivity index (χ2n) is 6.91. The van der Waals surface area contributed by atoms with E-state index in [1.54, 1.807) is 19.0 Å². The molecule has 1 aromatic heterocycles. The molecular formula is C20H27N3OS. The molecule has 2 aromatic rings. The Balaban J connectivity index is 1.53. The van der Waals surface area contributed by atoms with Crippen LogP contribution < -0.4 is 10.2 Å². The first-order valence-electron chi connectivity index (χ1n) is 8.90. The fourth-order valence-corrected chi connectivity index (χ4v) is 4.09. The van der Waals surface area contributed by atoms with Crippen molar-refractivity contribution in [2.45, 2.75) is 31.8 Å². The zero-order chi connectivity index (χ0) is 17.8. The van der Waals surface area contributed by atoms with E-state index in [-0.39, 0.29) is 5.91 Å². The van der Waals surface area contributed by atoms with Gasteiger partial charge in [-0.05, 0) is 55.5 Å². The van der Waals surface area contributed by atoms with Gasteiger partial charge in [0, 0.05) is 55.4 Å². The molecule has 1 aliphatic heterocycles.